The molecule has 1 atom stereocenters. The van der Waals surface area contributed by atoms with Crippen molar-refractivity contribution in [3.05, 3.63) is 0 Å². The fraction of sp³-hybridized carbons (Fsp3) is 1.00. The van der Waals surface area contributed by atoms with E-state index in [9.17, 15) is 0 Å². The Labute approximate surface area is 95.6 Å². The normalized spacial score (nSPS) is 24.6. The molecule has 0 N–H and O–H groups in total. The maximum absolute atomic E-state index is 5.98. The van der Waals surface area contributed by atoms with E-state index in [1.807, 2.05) is 0 Å². The average Bonchev–Trinajstić information content (AvgIpc) is 2.52. The van der Waals surface area contributed by atoms with Crippen molar-refractivity contribution in [2.24, 2.45) is 0 Å². The van der Waals surface area contributed by atoms with Crippen LogP contribution in [-0.2, 0) is 4.74 Å². The maximum atomic E-state index is 5.98. The smallest absolute Gasteiger partial charge is 0.0631 e. The third-order valence-corrected chi connectivity index (χ3v) is 3.43. The van der Waals surface area contributed by atoms with Gasteiger partial charge < -0.3 is 4.74 Å². The summed E-state index contributed by atoms with van der Waals surface area (Å²) in [7, 11) is 0. The molecule has 0 bridgehead atoms. The van der Waals surface area contributed by atoms with Crippen LogP contribution in [0.2, 0.25) is 0 Å². The molecule has 0 saturated carbocycles. The van der Waals surface area contributed by atoms with E-state index >= 15 is 0 Å². The van der Waals surface area contributed by atoms with E-state index < -0.39 is 0 Å². The Balaban J connectivity index is 1.93. The second kappa shape index (κ2) is 6.52. The second-order valence-electron chi connectivity index (χ2n) is 5.59. The molecule has 90 valence electrons. The Hall–Kier alpha value is -0.0400. The fourth-order valence-corrected chi connectivity index (χ4v) is 2.43. The van der Waals surface area contributed by atoms with Gasteiger partial charge in [0.25, 0.3) is 0 Å². The molecule has 1 heterocycles. The summed E-state index contributed by atoms with van der Waals surface area (Å²) in [4.78, 5) is 0. The third-order valence-electron chi connectivity index (χ3n) is 3.43. The molecule has 1 rings (SSSR count). The Morgan fingerprint density at radius 1 is 1.07 bits per heavy atom. The molecule has 1 nitrogen and oxygen atoms in total. The van der Waals surface area contributed by atoms with Crippen LogP contribution in [0.1, 0.15) is 78.6 Å². The summed E-state index contributed by atoms with van der Waals surface area (Å²) in [5, 5.41) is 0. The maximum Gasteiger partial charge on any atom is 0.0631 e. The number of ether oxygens (including phenoxy) is 1. The highest BCUT2D eigenvalue weighted by atomic mass is 16.5. The van der Waals surface area contributed by atoms with Gasteiger partial charge in [-0.05, 0) is 33.1 Å². The lowest BCUT2D eigenvalue weighted by atomic mass is 10.0. The van der Waals surface area contributed by atoms with E-state index in [-0.39, 0.29) is 5.60 Å². The zero-order valence-electron chi connectivity index (χ0n) is 10.8. The predicted molar refractivity (Wildman–Crippen MR) is 66.2 cm³/mol. The monoisotopic (exact) mass is 212 g/mol. The Kier molecular flexibility index (Phi) is 5.66. The quantitative estimate of drug-likeness (QED) is 0.556. The Morgan fingerprint density at radius 3 is 2.33 bits per heavy atom. The molecule has 1 fully saturated rings. The molecule has 0 radical (unpaired) electrons. The predicted octanol–water partition coefficient (Wildman–Crippen LogP) is 4.69. The molecule has 1 unspecified atom stereocenters. The van der Waals surface area contributed by atoms with Crippen LogP contribution in [0, 0.1) is 0 Å². The summed E-state index contributed by atoms with van der Waals surface area (Å²) in [5.41, 5.74) is 0.160. The van der Waals surface area contributed by atoms with Crippen LogP contribution in [0.4, 0.5) is 0 Å². The highest BCUT2D eigenvalue weighted by molar-refractivity contribution is 4.80. The number of rotatable bonds is 7. The first kappa shape index (κ1) is 13.0. The van der Waals surface area contributed by atoms with E-state index in [4.69, 9.17) is 4.74 Å². The van der Waals surface area contributed by atoms with Crippen LogP contribution < -0.4 is 0 Å². The molecule has 0 aromatic heterocycles. The molecule has 1 saturated heterocycles. The van der Waals surface area contributed by atoms with Gasteiger partial charge in [0.1, 0.15) is 0 Å². The highest BCUT2D eigenvalue weighted by Gasteiger charge is 2.30. The molecule has 0 amide bonds. The molecule has 0 aromatic carbocycles. The van der Waals surface area contributed by atoms with Crippen LogP contribution in [0.5, 0.6) is 0 Å². The summed E-state index contributed by atoms with van der Waals surface area (Å²) in [6, 6.07) is 0. The van der Waals surface area contributed by atoms with Gasteiger partial charge in [0, 0.05) is 0 Å². The van der Waals surface area contributed by atoms with E-state index in [1.165, 1.54) is 57.8 Å². The van der Waals surface area contributed by atoms with Crippen molar-refractivity contribution in [3.63, 3.8) is 0 Å². The number of hydrogen-bond acceptors (Lipinski definition) is 1. The fourth-order valence-electron chi connectivity index (χ4n) is 2.43. The summed E-state index contributed by atoms with van der Waals surface area (Å²) in [6.45, 7) is 6.71. The van der Waals surface area contributed by atoms with Crippen molar-refractivity contribution < 1.29 is 4.74 Å². The molecule has 0 aliphatic carbocycles. The lowest BCUT2D eigenvalue weighted by Gasteiger charge is -2.19. The SMILES string of the molecule is CCCCCCCCC1CCC(C)(C)O1. The van der Waals surface area contributed by atoms with Gasteiger partial charge in [0.15, 0.2) is 0 Å². The lowest BCUT2D eigenvalue weighted by molar-refractivity contribution is -0.0191. The van der Waals surface area contributed by atoms with E-state index in [2.05, 4.69) is 20.8 Å². The van der Waals surface area contributed by atoms with Crippen molar-refractivity contribution in [1.82, 2.24) is 0 Å². The second-order valence-corrected chi connectivity index (χ2v) is 5.59. The molecule has 1 heteroatoms. The van der Waals surface area contributed by atoms with Gasteiger partial charge in [-0.1, -0.05) is 45.4 Å². The van der Waals surface area contributed by atoms with Gasteiger partial charge in [-0.25, -0.2) is 0 Å². The zero-order chi connectivity index (χ0) is 11.1. The van der Waals surface area contributed by atoms with Crippen LogP contribution >= 0.6 is 0 Å². The average molecular weight is 212 g/mol. The number of hydrogen-bond donors (Lipinski definition) is 0. The van der Waals surface area contributed by atoms with Crippen molar-refractivity contribution in [2.75, 3.05) is 0 Å². The number of unbranched alkanes of at least 4 members (excludes halogenated alkanes) is 5. The van der Waals surface area contributed by atoms with Crippen molar-refractivity contribution >= 4 is 0 Å². The topological polar surface area (TPSA) is 9.23 Å². The largest absolute Gasteiger partial charge is 0.372 e. The summed E-state index contributed by atoms with van der Waals surface area (Å²) in [5.74, 6) is 0. The summed E-state index contributed by atoms with van der Waals surface area (Å²) in [6.07, 6.45) is 12.7. The van der Waals surface area contributed by atoms with Gasteiger partial charge in [0.2, 0.25) is 0 Å². The van der Waals surface area contributed by atoms with Crippen molar-refractivity contribution in [1.29, 1.82) is 0 Å². The molecular formula is C14H28O. The highest BCUT2D eigenvalue weighted by Crippen LogP contribution is 2.31. The van der Waals surface area contributed by atoms with E-state index in [0.717, 1.165) is 0 Å². The van der Waals surface area contributed by atoms with E-state index in [0.29, 0.717) is 6.10 Å². The lowest BCUT2D eigenvalue weighted by Crippen LogP contribution is -2.19. The first-order valence-corrected chi connectivity index (χ1v) is 6.82. The van der Waals surface area contributed by atoms with Gasteiger partial charge in [-0.15, -0.1) is 0 Å². The summed E-state index contributed by atoms with van der Waals surface area (Å²) >= 11 is 0. The molecule has 15 heavy (non-hydrogen) atoms. The van der Waals surface area contributed by atoms with Crippen LogP contribution in [0.25, 0.3) is 0 Å². The van der Waals surface area contributed by atoms with Crippen LogP contribution in [-0.4, -0.2) is 11.7 Å². The molecule has 0 spiro atoms. The standard InChI is InChI=1S/C14H28O/c1-4-5-6-7-8-9-10-13-11-12-14(2,3)15-13/h13H,4-12H2,1-3H3. The molecule has 0 aromatic rings. The zero-order valence-corrected chi connectivity index (χ0v) is 10.8. The van der Waals surface area contributed by atoms with Gasteiger partial charge in [-0.3, -0.25) is 0 Å². The van der Waals surface area contributed by atoms with Gasteiger partial charge in [-0.2, -0.15) is 0 Å². The molecule has 1 aliphatic heterocycles. The minimum absolute atomic E-state index is 0.160. The molecular weight excluding hydrogens is 184 g/mol. The first-order chi connectivity index (χ1) is 7.14. The Bertz CT molecular complexity index is 163. The minimum atomic E-state index is 0.160. The van der Waals surface area contributed by atoms with E-state index in [1.54, 1.807) is 0 Å². The van der Waals surface area contributed by atoms with Crippen LogP contribution in [0.3, 0.4) is 0 Å². The first-order valence-electron chi connectivity index (χ1n) is 6.82. The van der Waals surface area contributed by atoms with Gasteiger partial charge >= 0.3 is 0 Å². The van der Waals surface area contributed by atoms with Crippen molar-refractivity contribution in [2.45, 2.75) is 90.3 Å². The molecule has 1 aliphatic rings. The van der Waals surface area contributed by atoms with Crippen molar-refractivity contribution in [3.8, 4) is 0 Å². The van der Waals surface area contributed by atoms with Crippen LogP contribution in [0.15, 0.2) is 0 Å². The Morgan fingerprint density at radius 2 is 1.73 bits per heavy atom. The van der Waals surface area contributed by atoms with Gasteiger partial charge in [0.05, 0.1) is 11.7 Å². The summed E-state index contributed by atoms with van der Waals surface area (Å²) < 4.78 is 5.98. The third kappa shape index (κ3) is 5.55. The minimum Gasteiger partial charge on any atom is -0.372 e.